The minimum absolute atomic E-state index is 0.0804. The number of ether oxygens (including phenoxy) is 1. The van der Waals surface area contributed by atoms with E-state index >= 15 is 0 Å². The van der Waals surface area contributed by atoms with Gasteiger partial charge in [-0.15, -0.1) is 11.3 Å². The van der Waals surface area contributed by atoms with Crippen molar-refractivity contribution in [1.29, 1.82) is 0 Å². The van der Waals surface area contributed by atoms with Crippen LogP contribution in [0.15, 0.2) is 72.9 Å². The van der Waals surface area contributed by atoms with Crippen molar-refractivity contribution in [3.8, 4) is 5.75 Å². The van der Waals surface area contributed by atoms with Crippen molar-refractivity contribution in [2.45, 2.75) is 26.8 Å². The predicted octanol–water partition coefficient (Wildman–Crippen LogP) is 6.17. The maximum absolute atomic E-state index is 13.1. The summed E-state index contributed by atoms with van der Waals surface area (Å²) in [7, 11) is 0. The van der Waals surface area contributed by atoms with Crippen LogP contribution >= 0.6 is 11.3 Å². The summed E-state index contributed by atoms with van der Waals surface area (Å²) in [6, 6.07) is 16.8. The van der Waals surface area contributed by atoms with Crippen LogP contribution in [0.5, 0.6) is 5.75 Å². The Morgan fingerprint density at radius 2 is 1.92 bits per heavy atom. The zero-order valence-electron chi connectivity index (χ0n) is 20.2. The Kier molecular flexibility index (Phi) is 7.97. The summed E-state index contributed by atoms with van der Waals surface area (Å²) in [4.78, 5) is 22.7. The largest absolute Gasteiger partial charge is 0.508 e. The molecule has 0 unspecified atom stereocenters. The van der Waals surface area contributed by atoms with E-state index in [2.05, 4.69) is 46.2 Å². The van der Waals surface area contributed by atoms with Crippen molar-refractivity contribution in [2.24, 2.45) is 0 Å². The third-order valence-electron chi connectivity index (χ3n) is 5.69. The van der Waals surface area contributed by atoms with Crippen molar-refractivity contribution in [2.75, 3.05) is 17.2 Å². The fourth-order valence-electron chi connectivity index (χ4n) is 3.58. The number of benzene rings is 2. The number of carbonyl (C=O) groups excluding carboxylic acids is 1. The molecule has 36 heavy (non-hydrogen) atoms. The summed E-state index contributed by atoms with van der Waals surface area (Å²) in [6.07, 6.45) is 2.19. The van der Waals surface area contributed by atoms with Crippen molar-refractivity contribution < 1.29 is 14.6 Å². The summed E-state index contributed by atoms with van der Waals surface area (Å²) in [5.41, 5.74) is 6.91. The number of anilines is 2. The summed E-state index contributed by atoms with van der Waals surface area (Å²) >= 11 is 1.61. The molecule has 0 saturated heterocycles. The Morgan fingerprint density at radius 1 is 1.08 bits per heavy atom. The molecule has 2 heterocycles. The number of hydrogen-bond acceptors (Lipinski definition) is 7. The molecule has 0 bridgehead atoms. The Labute approximate surface area is 214 Å². The quantitative estimate of drug-likeness (QED) is 0.225. The highest BCUT2D eigenvalue weighted by atomic mass is 32.1. The van der Waals surface area contributed by atoms with E-state index in [4.69, 9.17) is 4.74 Å². The lowest BCUT2D eigenvalue weighted by Crippen LogP contribution is -2.14. The first-order valence-electron chi connectivity index (χ1n) is 11.5. The molecule has 8 heteroatoms. The van der Waals surface area contributed by atoms with Gasteiger partial charge in [-0.3, -0.25) is 4.79 Å². The van der Waals surface area contributed by atoms with Crippen LogP contribution in [0.4, 0.5) is 11.5 Å². The fourth-order valence-corrected chi connectivity index (χ4v) is 4.34. The SMILES string of the molecule is C=C(O)c1ccc(NC(=O)c2cc(NCc3ccccc3C)cc(OCCc3scnc3C)c2)nc1. The van der Waals surface area contributed by atoms with Gasteiger partial charge in [0.15, 0.2) is 0 Å². The molecule has 184 valence electrons. The number of aliphatic hydroxyl groups excluding tert-OH is 1. The zero-order valence-corrected chi connectivity index (χ0v) is 21.1. The number of thiazole rings is 1. The lowest BCUT2D eigenvalue weighted by molar-refractivity contribution is 0.102. The second kappa shape index (κ2) is 11.5. The second-order valence-electron chi connectivity index (χ2n) is 8.32. The van der Waals surface area contributed by atoms with E-state index in [0.29, 0.717) is 35.8 Å². The highest BCUT2D eigenvalue weighted by molar-refractivity contribution is 7.09. The number of pyridine rings is 1. The monoisotopic (exact) mass is 500 g/mol. The molecule has 3 N–H and O–H groups in total. The number of aliphatic hydroxyl groups is 1. The molecule has 0 radical (unpaired) electrons. The normalized spacial score (nSPS) is 10.6. The molecule has 4 aromatic rings. The summed E-state index contributed by atoms with van der Waals surface area (Å²) < 4.78 is 6.04. The van der Waals surface area contributed by atoms with Crippen LogP contribution < -0.4 is 15.4 Å². The number of nitrogens with zero attached hydrogens (tertiary/aromatic N) is 2. The van der Waals surface area contributed by atoms with Gasteiger partial charge in [0.05, 0.1) is 17.8 Å². The van der Waals surface area contributed by atoms with Crippen LogP contribution in [0.25, 0.3) is 5.76 Å². The predicted molar refractivity (Wildman–Crippen MR) is 145 cm³/mol. The van der Waals surface area contributed by atoms with Gasteiger partial charge in [0.2, 0.25) is 0 Å². The second-order valence-corrected chi connectivity index (χ2v) is 9.26. The van der Waals surface area contributed by atoms with Gasteiger partial charge in [-0.25, -0.2) is 9.97 Å². The Bertz CT molecular complexity index is 1370. The number of hydrogen-bond donors (Lipinski definition) is 3. The lowest BCUT2D eigenvalue weighted by atomic mass is 10.1. The minimum Gasteiger partial charge on any atom is -0.508 e. The number of rotatable bonds is 10. The minimum atomic E-state index is -0.319. The molecule has 0 fully saturated rings. The standard InChI is InChI=1S/C28H28N4O3S/c1-18-6-4-5-7-21(18)15-29-24-12-23(28(34)32-27-9-8-22(16-30-27)20(3)33)13-25(14-24)35-11-10-26-19(2)31-17-36-26/h4-9,12-14,16-17,29,33H,3,10-11,15H2,1-2H3,(H,30,32,34). The van der Waals surface area contributed by atoms with Crippen LogP contribution in [0.3, 0.4) is 0 Å². The molecule has 0 aliphatic heterocycles. The molecule has 2 aromatic heterocycles. The van der Waals surface area contributed by atoms with Crippen LogP contribution in [-0.2, 0) is 13.0 Å². The molecular formula is C28H28N4O3S. The Morgan fingerprint density at radius 3 is 2.61 bits per heavy atom. The maximum atomic E-state index is 13.1. The van der Waals surface area contributed by atoms with E-state index in [9.17, 15) is 9.90 Å². The van der Waals surface area contributed by atoms with E-state index in [-0.39, 0.29) is 11.7 Å². The number of aromatic nitrogens is 2. The van der Waals surface area contributed by atoms with Gasteiger partial charge in [-0.05, 0) is 49.2 Å². The third-order valence-corrected chi connectivity index (χ3v) is 6.69. The van der Waals surface area contributed by atoms with Gasteiger partial charge < -0.3 is 20.5 Å². The smallest absolute Gasteiger partial charge is 0.257 e. The first-order valence-corrected chi connectivity index (χ1v) is 12.4. The van der Waals surface area contributed by atoms with E-state index in [0.717, 1.165) is 17.8 Å². The molecule has 1 amide bonds. The Balaban J connectivity index is 1.51. The molecule has 7 nitrogen and oxygen atoms in total. The maximum Gasteiger partial charge on any atom is 0.257 e. The van der Waals surface area contributed by atoms with Gasteiger partial charge in [0.25, 0.3) is 5.91 Å². The number of nitrogens with one attached hydrogen (secondary N) is 2. The zero-order chi connectivity index (χ0) is 25.5. The van der Waals surface area contributed by atoms with Gasteiger partial charge in [-0.2, -0.15) is 0 Å². The number of carbonyl (C=O) groups is 1. The molecule has 0 saturated carbocycles. The molecule has 0 aliphatic rings. The highest BCUT2D eigenvalue weighted by Gasteiger charge is 2.12. The van der Waals surface area contributed by atoms with Crippen LogP contribution in [0.1, 0.15) is 37.6 Å². The third kappa shape index (κ3) is 6.49. The average Bonchev–Trinajstić information content (AvgIpc) is 3.28. The van der Waals surface area contributed by atoms with Crippen LogP contribution in [0.2, 0.25) is 0 Å². The van der Waals surface area contributed by atoms with Gasteiger partial charge in [0.1, 0.15) is 17.3 Å². The topological polar surface area (TPSA) is 96.4 Å². The summed E-state index contributed by atoms with van der Waals surface area (Å²) in [5, 5.41) is 15.7. The van der Waals surface area contributed by atoms with E-state index in [1.54, 1.807) is 35.6 Å². The van der Waals surface area contributed by atoms with Crippen LogP contribution in [0, 0.1) is 13.8 Å². The van der Waals surface area contributed by atoms with Crippen molar-refractivity contribution in [3.63, 3.8) is 0 Å². The molecular weight excluding hydrogens is 472 g/mol. The Hall–Kier alpha value is -4.17. The lowest BCUT2D eigenvalue weighted by Gasteiger charge is -2.14. The van der Waals surface area contributed by atoms with Crippen molar-refractivity contribution in [3.05, 3.63) is 106 Å². The fraction of sp³-hybridized carbons (Fsp3) is 0.179. The summed E-state index contributed by atoms with van der Waals surface area (Å²) in [6.45, 7) is 8.62. The van der Waals surface area contributed by atoms with Gasteiger partial charge in [0, 0.05) is 46.9 Å². The van der Waals surface area contributed by atoms with Gasteiger partial charge in [-0.1, -0.05) is 30.8 Å². The van der Waals surface area contributed by atoms with Crippen molar-refractivity contribution in [1.82, 2.24) is 9.97 Å². The summed E-state index contributed by atoms with van der Waals surface area (Å²) in [5.74, 6) is 0.562. The molecule has 0 spiro atoms. The highest BCUT2D eigenvalue weighted by Crippen LogP contribution is 2.24. The van der Waals surface area contributed by atoms with E-state index in [1.807, 2.05) is 30.6 Å². The number of aryl methyl sites for hydroxylation is 2. The van der Waals surface area contributed by atoms with E-state index < -0.39 is 0 Å². The first kappa shape index (κ1) is 24.9. The first-order chi connectivity index (χ1) is 17.4. The van der Waals surface area contributed by atoms with E-state index in [1.165, 1.54) is 22.2 Å². The van der Waals surface area contributed by atoms with Crippen LogP contribution in [-0.4, -0.2) is 27.6 Å². The molecule has 0 aliphatic carbocycles. The molecule has 4 rings (SSSR count). The average molecular weight is 501 g/mol. The number of amides is 1. The molecule has 2 aromatic carbocycles. The van der Waals surface area contributed by atoms with Gasteiger partial charge >= 0.3 is 0 Å². The van der Waals surface area contributed by atoms with Crippen molar-refractivity contribution >= 4 is 34.5 Å². The molecule has 0 atom stereocenters.